The highest BCUT2D eigenvalue weighted by Gasteiger charge is 2.40. The molecule has 6 nitrogen and oxygen atoms in total. The Morgan fingerprint density at radius 2 is 2.06 bits per heavy atom. The molecule has 1 aliphatic rings. The third-order valence-corrected chi connectivity index (χ3v) is 3.05. The minimum Gasteiger partial charge on any atom is -0.480 e. The zero-order valence-electron chi connectivity index (χ0n) is 11.2. The standard InChI is InChI=1S/C12H22N2O4/c1-4-13(6-8(2)3)12(18)14-7-9(15)5-10(14)11(16)17/h8-10,15H,4-7H2,1-3H3,(H,16,17)/t9?,10-/m0/s1. The van der Waals surface area contributed by atoms with E-state index in [0.717, 1.165) is 0 Å². The van der Waals surface area contributed by atoms with Crippen molar-refractivity contribution in [1.29, 1.82) is 0 Å². The lowest BCUT2D eigenvalue weighted by atomic mass is 10.2. The summed E-state index contributed by atoms with van der Waals surface area (Å²) >= 11 is 0. The second-order valence-corrected chi connectivity index (χ2v) is 5.11. The molecule has 18 heavy (non-hydrogen) atoms. The van der Waals surface area contributed by atoms with Crippen LogP contribution in [0.2, 0.25) is 0 Å². The summed E-state index contributed by atoms with van der Waals surface area (Å²) in [5.74, 6) is -0.731. The molecule has 0 spiro atoms. The van der Waals surface area contributed by atoms with Crippen molar-refractivity contribution in [2.75, 3.05) is 19.6 Å². The minimum atomic E-state index is -1.06. The van der Waals surface area contributed by atoms with Gasteiger partial charge in [-0.25, -0.2) is 9.59 Å². The maximum Gasteiger partial charge on any atom is 0.326 e. The Bertz CT molecular complexity index is 319. The first-order chi connectivity index (χ1) is 8.36. The number of nitrogens with zero attached hydrogens (tertiary/aromatic N) is 2. The normalized spacial score (nSPS) is 23.5. The molecule has 6 heteroatoms. The smallest absolute Gasteiger partial charge is 0.326 e. The predicted octanol–water partition coefficient (Wildman–Crippen LogP) is 0.604. The summed E-state index contributed by atoms with van der Waals surface area (Å²) in [6.45, 7) is 7.10. The maximum absolute atomic E-state index is 12.2. The number of carboxylic acid groups (broad SMARTS) is 1. The number of carbonyl (C=O) groups excluding carboxylic acids is 1. The van der Waals surface area contributed by atoms with E-state index in [1.807, 2.05) is 20.8 Å². The van der Waals surface area contributed by atoms with Gasteiger partial charge in [-0.05, 0) is 12.8 Å². The molecule has 2 N–H and O–H groups in total. The van der Waals surface area contributed by atoms with Gasteiger partial charge in [0.15, 0.2) is 0 Å². The Kier molecular flexibility index (Phi) is 4.95. The van der Waals surface area contributed by atoms with Crippen molar-refractivity contribution in [3.63, 3.8) is 0 Å². The average molecular weight is 258 g/mol. The summed E-state index contributed by atoms with van der Waals surface area (Å²) in [7, 11) is 0. The molecule has 2 amide bonds. The van der Waals surface area contributed by atoms with Gasteiger partial charge in [-0.2, -0.15) is 0 Å². The molecular weight excluding hydrogens is 236 g/mol. The number of carboxylic acids is 1. The number of aliphatic hydroxyl groups excluding tert-OH is 1. The summed E-state index contributed by atoms with van der Waals surface area (Å²) in [5, 5.41) is 18.6. The zero-order chi connectivity index (χ0) is 13.9. The lowest BCUT2D eigenvalue weighted by molar-refractivity contribution is -0.141. The largest absolute Gasteiger partial charge is 0.480 e. The summed E-state index contributed by atoms with van der Waals surface area (Å²) in [5.41, 5.74) is 0. The predicted molar refractivity (Wildman–Crippen MR) is 66.2 cm³/mol. The van der Waals surface area contributed by atoms with Crippen LogP contribution in [0.15, 0.2) is 0 Å². The number of aliphatic carboxylic acids is 1. The zero-order valence-corrected chi connectivity index (χ0v) is 11.2. The van der Waals surface area contributed by atoms with E-state index in [1.165, 1.54) is 4.90 Å². The number of β-amino-alcohol motifs (C(OH)–C–C–N with tert-alkyl or cyclic N) is 1. The topological polar surface area (TPSA) is 81.1 Å². The third-order valence-electron chi connectivity index (χ3n) is 3.05. The number of carbonyl (C=O) groups is 2. The van der Waals surface area contributed by atoms with Crippen molar-refractivity contribution in [3.8, 4) is 0 Å². The van der Waals surface area contributed by atoms with Gasteiger partial charge in [-0.15, -0.1) is 0 Å². The van der Waals surface area contributed by atoms with E-state index in [-0.39, 0.29) is 19.0 Å². The van der Waals surface area contributed by atoms with Crippen LogP contribution in [0.5, 0.6) is 0 Å². The molecule has 0 saturated carbocycles. The van der Waals surface area contributed by atoms with Crippen LogP contribution in [0.3, 0.4) is 0 Å². The van der Waals surface area contributed by atoms with Crippen molar-refractivity contribution in [1.82, 2.24) is 9.80 Å². The lowest BCUT2D eigenvalue weighted by Crippen LogP contribution is -2.49. The summed E-state index contributed by atoms with van der Waals surface area (Å²) in [6, 6.07) is -1.20. The third kappa shape index (κ3) is 3.35. The number of likely N-dealkylation sites (tertiary alicyclic amines) is 1. The molecule has 1 aliphatic heterocycles. The Balaban J connectivity index is 2.77. The van der Waals surface area contributed by atoms with Gasteiger partial charge in [0.05, 0.1) is 6.10 Å². The molecule has 1 heterocycles. The molecule has 1 rings (SSSR count). The summed E-state index contributed by atoms with van der Waals surface area (Å²) in [6.07, 6.45) is -0.631. The van der Waals surface area contributed by atoms with Crippen LogP contribution < -0.4 is 0 Å². The van der Waals surface area contributed by atoms with Gasteiger partial charge in [0, 0.05) is 26.1 Å². The molecule has 2 atom stereocenters. The molecule has 1 unspecified atom stereocenters. The Morgan fingerprint density at radius 3 is 2.50 bits per heavy atom. The maximum atomic E-state index is 12.2. The quantitative estimate of drug-likeness (QED) is 0.774. The van der Waals surface area contributed by atoms with Gasteiger partial charge < -0.3 is 20.0 Å². The SMILES string of the molecule is CCN(CC(C)C)C(=O)N1CC(O)C[C@H]1C(=O)O. The van der Waals surface area contributed by atoms with Crippen LogP contribution in [-0.2, 0) is 4.79 Å². The Labute approximate surface area is 107 Å². The van der Waals surface area contributed by atoms with Crippen molar-refractivity contribution in [2.45, 2.75) is 39.3 Å². The summed E-state index contributed by atoms with van der Waals surface area (Å²) < 4.78 is 0. The molecular formula is C12H22N2O4. The van der Waals surface area contributed by atoms with Gasteiger partial charge in [0.25, 0.3) is 0 Å². The van der Waals surface area contributed by atoms with E-state index in [4.69, 9.17) is 5.11 Å². The molecule has 1 saturated heterocycles. The van der Waals surface area contributed by atoms with Gasteiger partial charge in [0.1, 0.15) is 6.04 Å². The van der Waals surface area contributed by atoms with E-state index < -0.39 is 18.1 Å². The van der Waals surface area contributed by atoms with Crippen LogP contribution in [0.4, 0.5) is 4.79 Å². The Hall–Kier alpha value is -1.30. The first kappa shape index (κ1) is 14.8. The van der Waals surface area contributed by atoms with E-state index in [0.29, 0.717) is 19.0 Å². The van der Waals surface area contributed by atoms with Crippen LogP contribution in [0, 0.1) is 5.92 Å². The number of rotatable bonds is 4. The van der Waals surface area contributed by atoms with Gasteiger partial charge >= 0.3 is 12.0 Å². The molecule has 104 valence electrons. The fraction of sp³-hybridized carbons (Fsp3) is 0.833. The fourth-order valence-corrected chi connectivity index (χ4v) is 2.22. The van der Waals surface area contributed by atoms with E-state index in [2.05, 4.69) is 0 Å². The molecule has 1 fully saturated rings. The highest BCUT2D eigenvalue weighted by molar-refractivity contribution is 5.83. The monoisotopic (exact) mass is 258 g/mol. The second kappa shape index (κ2) is 6.04. The van der Waals surface area contributed by atoms with Crippen molar-refractivity contribution in [3.05, 3.63) is 0 Å². The average Bonchev–Trinajstić information content (AvgIpc) is 2.67. The van der Waals surface area contributed by atoms with Gasteiger partial charge in [-0.3, -0.25) is 0 Å². The van der Waals surface area contributed by atoms with E-state index in [9.17, 15) is 14.7 Å². The highest BCUT2D eigenvalue weighted by Crippen LogP contribution is 2.20. The molecule has 0 aromatic carbocycles. The minimum absolute atomic E-state index is 0.102. The van der Waals surface area contributed by atoms with E-state index in [1.54, 1.807) is 4.90 Å². The first-order valence-corrected chi connectivity index (χ1v) is 6.33. The number of hydrogen-bond acceptors (Lipinski definition) is 3. The van der Waals surface area contributed by atoms with Crippen molar-refractivity contribution in [2.24, 2.45) is 5.92 Å². The lowest BCUT2D eigenvalue weighted by Gasteiger charge is -2.30. The number of aliphatic hydroxyl groups is 1. The second-order valence-electron chi connectivity index (χ2n) is 5.11. The van der Waals surface area contributed by atoms with Crippen LogP contribution >= 0.6 is 0 Å². The number of amides is 2. The summed E-state index contributed by atoms with van der Waals surface area (Å²) in [4.78, 5) is 26.2. The van der Waals surface area contributed by atoms with Crippen LogP contribution in [0.25, 0.3) is 0 Å². The van der Waals surface area contributed by atoms with E-state index >= 15 is 0 Å². The molecule has 0 bridgehead atoms. The number of urea groups is 1. The fourth-order valence-electron chi connectivity index (χ4n) is 2.22. The van der Waals surface area contributed by atoms with Crippen molar-refractivity contribution < 1.29 is 19.8 Å². The van der Waals surface area contributed by atoms with Crippen LogP contribution in [-0.4, -0.2) is 63.8 Å². The van der Waals surface area contributed by atoms with Crippen molar-refractivity contribution >= 4 is 12.0 Å². The molecule has 0 aromatic heterocycles. The molecule has 0 aliphatic carbocycles. The van der Waals surface area contributed by atoms with Crippen LogP contribution in [0.1, 0.15) is 27.2 Å². The van der Waals surface area contributed by atoms with Gasteiger partial charge in [0.2, 0.25) is 0 Å². The highest BCUT2D eigenvalue weighted by atomic mass is 16.4. The number of hydrogen-bond donors (Lipinski definition) is 2. The molecule has 0 radical (unpaired) electrons. The first-order valence-electron chi connectivity index (χ1n) is 6.33. The molecule has 0 aromatic rings. The van der Waals surface area contributed by atoms with Gasteiger partial charge in [-0.1, -0.05) is 13.8 Å². The Morgan fingerprint density at radius 1 is 1.44 bits per heavy atom.